The molecule has 0 aliphatic carbocycles. The van der Waals surface area contributed by atoms with E-state index in [2.05, 4.69) is 5.32 Å². The fourth-order valence-corrected chi connectivity index (χ4v) is 2.34. The minimum atomic E-state index is -0.805. The standard InChI is InChI=1S/C18H16ClFN2O4/c19-13-5-1-11(2-6-13)15(22-18(21)25)9-17(24)26-10-16(23)12-3-7-14(20)8-4-12/h1-8,15H,9-10H2,(H3,21,22,25)/t15-/m1/s1. The molecule has 8 heteroatoms. The van der Waals surface area contributed by atoms with Gasteiger partial charge < -0.3 is 15.8 Å². The molecular formula is C18H16ClFN2O4. The molecule has 0 heterocycles. The van der Waals surface area contributed by atoms with Crippen molar-refractivity contribution in [3.63, 3.8) is 0 Å². The van der Waals surface area contributed by atoms with E-state index in [-0.39, 0.29) is 12.0 Å². The summed E-state index contributed by atoms with van der Waals surface area (Å²) in [6.45, 7) is -0.492. The Kier molecular flexibility index (Phi) is 6.68. The molecule has 0 aromatic heterocycles. The van der Waals surface area contributed by atoms with Crippen LogP contribution in [0.2, 0.25) is 5.02 Å². The van der Waals surface area contributed by atoms with Crippen molar-refractivity contribution in [2.24, 2.45) is 5.73 Å². The second-order valence-electron chi connectivity index (χ2n) is 5.41. The SMILES string of the molecule is NC(=O)N[C@H](CC(=O)OCC(=O)c1ccc(F)cc1)c1ccc(Cl)cc1. The van der Waals surface area contributed by atoms with E-state index in [1.54, 1.807) is 24.3 Å². The van der Waals surface area contributed by atoms with E-state index in [4.69, 9.17) is 22.1 Å². The Balaban J connectivity index is 1.96. The van der Waals surface area contributed by atoms with Crippen LogP contribution in [-0.4, -0.2) is 24.4 Å². The highest BCUT2D eigenvalue weighted by atomic mass is 35.5. The Morgan fingerprint density at radius 3 is 2.27 bits per heavy atom. The molecule has 2 aromatic rings. The van der Waals surface area contributed by atoms with Gasteiger partial charge in [0.2, 0.25) is 0 Å². The van der Waals surface area contributed by atoms with E-state index in [0.29, 0.717) is 10.6 Å². The molecule has 0 bridgehead atoms. The zero-order chi connectivity index (χ0) is 19.1. The van der Waals surface area contributed by atoms with Gasteiger partial charge in [0.1, 0.15) is 5.82 Å². The Morgan fingerprint density at radius 2 is 1.69 bits per heavy atom. The quantitative estimate of drug-likeness (QED) is 0.571. The average molecular weight is 379 g/mol. The molecule has 0 saturated carbocycles. The van der Waals surface area contributed by atoms with Crippen molar-refractivity contribution in [3.8, 4) is 0 Å². The number of primary amides is 1. The first-order valence-corrected chi connectivity index (χ1v) is 7.99. The van der Waals surface area contributed by atoms with Crippen LogP contribution in [0.5, 0.6) is 0 Å². The number of hydrogen-bond donors (Lipinski definition) is 2. The van der Waals surface area contributed by atoms with Crippen molar-refractivity contribution in [2.75, 3.05) is 6.61 Å². The molecule has 0 spiro atoms. The number of ether oxygens (including phenoxy) is 1. The van der Waals surface area contributed by atoms with Crippen molar-refractivity contribution >= 4 is 29.4 Å². The van der Waals surface area contributed by atoms with E-state index in [0.717, 1.165) is 12.1 Å². The first-order chi connectivity index (χ1) is 12.3. The maximum atomic E-state index is 12.8. The average Bonchev–Trinajstić information content (AvgIpc) is 2.60. The van der Waals surface area contributed by atoms with E-state index in [1.807, 2.05) is 0 Å². The smallest absolute Gasteiger partial charge is 0.312 e. The minimum Gasteiger partial charge on any atom is -0.457 e. The lowest BCUT2D eigenvalue weighted by Gasteiger charge is -2.17. The monoisotopic (exact) mass is 378 g/mol. The predicted octanol–water partition coefficient (Wildman–Crippen LogP) is 3.00. The van der Waals surface area contributed by atoms with Crippen LogP contribution >= 0.6 is 11.6 Å². The molecule has 0 saturated heterocycles. The van der Waals surface area contributed by atoms with Crippen LogP contribution in [0, 0.1) is 5.82 Å². The zero-order valence-electron chi connectivity index (χ0n) is 13.6. The fourth-order valence-electron chi connectivity index (χ4n) is 2.21. The summed E-state index contributed by atoms with van der Waals surface area (Å²) in [6, 6.07) is 9.85. The highest BCUT2D eigenvalue weighted by molar-refractivity contribution is 6.30. The van der Waals surface area contributed by atoms with Crippen LogP contribution < -0.4 is 11.1 Å². The first-order valence-electron chi connectivity index (χ1n) is 7.61. The summed E-state index contributed by atoms with van der Waals surface area (Å²) in [7, 11) is 0. The Morgan fingerprint density at radius 1 is 1.08 bits per heavy atom. The molecule has 1 atom stereocenters. The van der Waals surface area contributed by atoms with Gasteiger partial charge in [-0.3, -0.25) is 9.59 Å². The molecule has 26 heavy (non-hydrogen) atoms. The molecule has 136 valence electrons. The number of rotatable bonds is 7. The third-order valence-corrected chi connectivity index (χ3v) is 3.74. The normalized spacial score (nSPS) is 11.5. The number of Topliss-reactive ketones (excluding diaryl/α,β-unsaturated/α-hetero) is 1. The van der Waals surface area contributed by atoms with E-state index >= 15 is 0 Å². The summed E-state index contributed by atoms with van der Waals surface area (Å²) in [5.74, 6) is -1.64. The van der Waals surface area contributed by atoms with Crippen LogP contribution in [0.3, 0.4) is 0 Å². The Labute approximate surface area is 154 Å². The first kappa shape index (κ1) is 19.4. The zero-order valence-corrected chi connectivity index (χ0v) is 14.3. The number of hydrogen-bond acceptors (Lipinski definition) is 4. The van der Waals surface area contributed by atoms with Crippen LogP contribution in [0.1, 0.15) is 28.4 Å². The molecule has 2 amide bonds. The number of carbonyl (C=O) groups is 3. The van der Waals surface area contributed by atoms with Crippen molar-refractivity contribution in [1.29, 1.82) is 0 Å². The molecule has 0 unspecified atom stereocenters. The maximum Gasteiger partial charge on any atom is 0.312 e. The number of amides is 2. The highest BCUT2D eigenvalue weighted by Crippen LogP contribution is 2.20. The van der Waals surface area contributed by atoms with Gasteiger partial charge in [-0.1, -0.05) is 23.7 Å². The topological polar surface area (TPSA) is 98.5 Å². The summed E-state index contributed by atoms with van der Waals surface area (Å²) in [6.07, 6.45) is -0.221. The molecule has 6 nitrogen and oxygen atoms in total. The third kappa shape index (κ3) is 5.86. The van der Waals surface area contributed by atoms with Gasteiger partial charge >= 0.3 is 12.0 Å². The summed E-state index contributed by atoms with van der Waals surface area (Å²) in [5, 5.41) is 2.94. The Hall–Kier alpha value is -2.93. The molecule has 2 rings (SSSR count). The Bertz CT molecular complexity index is 794. The number of nitrogens with two attached hydrogens (primary N) is 1. The maximum absolute atomic E-state index is 12.8. The van der Waals surface area contributed by atoms with E-state index in [9.17, 15) is 18.8 Å². The lowest BCUT2D eigenvalue weighted by molar-refractivity contribution is -0.143. The molecule has 0 aliphatic heterocycles. The summed E-state index contributed by atoms with van der Waals surface area (Å²) >= 11 is 5.82. The van der Waals surface area contributed by atoms with Gasteiger partial charge in [-0.15, -0.1) is 0 Å². The minimum absolute atomic E-state index is 0.221. The lowest BCUT2D eigenvalue weighted by Crippen LogP contribution is -2.34. The van der Waals surface area contributed by atoms with Crippen LogP contribution in [0.15, 0.2) is 48.5 Å². The van der Waals surface area contributed by atoms with Crippen LogP contribution in [-0.2, 0) is 9.53 Å². The summed E-state index contributed by atoms with van der Waals surface area (Å²) < 4.78 is 17.8. The van der Waals surface area contributed by atoms with Crippen molar-refractivity contribution < 1.29 is 23.5 Å². The number of nitrogens with one attached hydrogen (secondary N) is 1. The van der Waals surface area contributed by atoms with Gasteiger partial charge in [-0.25, -0.2) is 9.18 Å². The number of benzene rings is 2. The van der Waals surface area contributed by atoms with Crippen LogP contribution in [0.4, 0.5) is 9.18 Å². The fraction of sp³-hybridized carbons (Fsp3) is 0.167. The van der Waals surface area contributed by atoms with Crippen LogP contribution in [0.25, 0.3) is 0 Å². The third-order valence-electron chi connectivity index (χ3n) is 3.49. The van der Waals surface area contributed by atoms with E-state index in [1.165, 1.54) is 12.1 Å². The molecule has 0 radical (unpaired) electrons. The molecule has 2 aromatic carbocycles. The molecule has 3 N–H and O–H groups in total. The number of ketones is 1. The lowest BCUT2D eigenvalue weighted by atomic mass is 10.0. The highest BCUT2D eigenvalue weighted by Gasteiger charge is 2.19. The number of carbonyl (C=O) groups excluding carboxylic acids is 3. The second-order valence-corrected chi connectivity index (χ2v) is 5.84. The molecule has 0 fully saturated rings. The van der Waals surface area contributed by atoms with E-state index < -0.39 is 36.2 Å². The summed E-state index contributed by atoms with van der Waals surface area (Å²) in [4.78, 5) is 35.1. The number of halogens is 2. The van der Waals surface area contributed by atoms with Crippen molar-refractivity contribution in [3.05, 3.63) is 70.5 Å². The predicted molar refractivity (Wildman–Crippen MR) is 93.2 cm³/mol. The largest absolute Gasteiger partial charge is 0.457 e. The second kappa shape index (κ2) is 8.96. The van der Waals surface area contributed by atoms with Gasteiger partial charge in [-0.05, 0) is 42.0 Å². The van der Waals surface area contributed by atoms with Gasteiger partial charge in [0.15, 0.2) is 12.4 Å². The van der Waals surface area contributed by atoms with Gasteiger partial charge in [0, 0.05) is 10.6 Å². The van der Waals surface area contributed by atoms with Crippen molar-refractivity contribution in [1.82, 2.24) is 5.32 Å². The number of esters is 1. The van der Waals surface area contributed by atoms with Gasteiger partial charge in [-0.2, -0.15) is 0 Å². The van der Waals surface area contributed by atoms with Gasteiger partial charge in [0.25, 0.3) is 0 Å². The number of urea groups is 1. The summed E-state index contributed by atoms with van der Waals surface area (Å²) in [5.41, 5.74) is 5.97. The van der Waals surface area contributed by atoms with Crippen molar-refractivity contribution in [2.45, 2.75) is 12.5 Å². The molecular weight excluding hydrogens is 363 g/mol. The molecule has 0 aliphatic rings. The van der Waals surface area contributed by atoms with Gasteiger partial charge in [0.05, 0.1) is 12.5 Å².